The summed E-state index contributed by atoms with van der Waals surface area (Å²) in [6.07, 6.45) is -5.03. The molecule has 0 saturated heterocycles. The van der Waals surface area contributed by atoms with Crippen LogP contribution in [0.5, 0.6) is 0 Å². The number of hydrogen-bond donors (Lipinski definition) is 2. The molecule has 2 N–H and O–H groups in total. The van der Waals surface area contributed by atoms with E-state index in [1.54, 1.807) is 29.6 Å². The molecule has 27 heavy (non-hydrogen) atoms. The van der Waals surface area contributed by atoms with Gasteiger partial charge >= 0.3 is 18.1 Å². The van der Waals surface area contributed by atoms with E-state index in [0.717, 1.165) is 6.07 Å². The highest BCUT2D eigenvalue weighted by Gasteiger charge is 2.38. The molecule has 1 aromatic heterocycles. The zero-order valence-corrected chi connectivity index (χ0v) is 13.4. The van der Waals surface area contributed by atoms with Crippen LogP contribution in [0.4, 0.5) is 24.9 Å². The van der Waals surface area contributed by atoms with Crippen molar-refractivity contribution in [1.82, 2.24) is 10.2 Å². The second-order valence-corrected chi connectivity index (χ2v) is 5.27. The molecule has 7 nitrogen and oxygen atoms in total. The summed E-state index contributed by atoms with van der Waals surface area (Å²) in [5.41, 5.74) is 0.470. The van der Waals surface area contributed by atoms with Crippen LogP contribution in [-0.4, -0.2) is 28.2 Å². The van der Waals surface area contributed by atoms with E-state index in [-0.39, 0.29) is 23.2 Å². The number of hydrogen-bond acceptors (Lipinski definition) is 5. The lowest BCUT2D eigenvalue weighted by Gasteiger charge is -2.09. The van der Waals surface area contributed by atoms with Crippen LogP contribution in [0.3, 0.4) is 0 Å². The molecule has 2 amide bonds. The van der Waals surface area contributed by atoms with Crippen molar-refractivity contribution in [3.05, 3.63) is 60.2 Å². The highest BCUT2D eigenvalue weighted by molar-refractivity contribution is 6.04. The van der Waals surface area contributed by atoms with Gasteiger partial charge in [-0.1, -0.05) is 29.4 Å². The molecule has 0 atom stereocenters. The molecule has 10 heteroatoms. The summed E-state index contributed by atoms with van der Waals surface area (Å²) in [4.78, 5) is 23.2. The normalized spacial score (nSPS) is 11.1. The van der Waals surface area contributed by atoms with Gasteiger partial charge in [0.1, 0.15) is 0 Å². The molecule has 0 aliphatic carbocycles. The second kappa shape index (κ2) is 7.28. The maximum Gasteiger partial charge on any atom is 0.471 e. The van der Waals surface area contributed by atoms with Crippen LogP contribution in [0, 0.1) is 0 Å². The van der Waals surface area contributed by atoms with Gasteiger partial charge in [0.05, 0.1) is 0 Å². The third kappa shape index (κ3) is 4.48. The number of anilines is 2. The molecule has 0 unspecified atom stereocenters. The number of benzene rings is 2. The number of carbonyl (C=O) groups is 2. The molecule has 0 aliphatic rings. The number of halogens is 3. The van der Waals surface area contributed by atoms with Gasteiger partial charge in [0.2, 0.25) is 5.89 Å². The monoisotopic (exact) mass is 376 g/mol. The first-order chi connectivity index (χ1) is 12.8. The van der Waals surface area contributed by atoms with Crippen molar-refractivity contribution in [1.29, 1.82) is 0 Å². The van der Waals surface area contributed by atoms with Gasteiger partial charge in [-0.2, -0.15) is 13.2 Å². The average Bonchev–Trinajstić information content (AvgIpc) is 3.10. The minimum absolute atomic E-state index is 0.00515. The summed E-state index contributed by atoms with van der Waals surface area (Å²) in [5, 5.41) is 11.5. The molecule has 0 bridgehead atoms. The molecule has 2 aromatic carbocycles. The van der Waals surface area contributed by atoms with Gasteiger partial charge in [0, 0.05) is 16.8 Å². The molecule has 0 aliphatic heterocycles. The third-order valence-electron chi connectivity index (χ3n) is 3.31. The Morgan fingerprint density at radius 3 is 2.37 bits per heavy atom. The summed E-state index contributed by atoms with van der Waals surface area (Å²) >= 11 is 0. The fraction of sp³-hybridized carbons (Fsp3) is 0.0588. The first-order valence-electron chi connectivity index (χ1n) is 7.51. The van der Waals surface area contributed by atoms with Gasteiger partial charge in [-0.25, -0.2) is 0 Å². The number of alkyl halides is 3. The lowest BCUT2D eigenvalue weighted by molar-refractivity contribution is -0.167. The minimum Gasteiger partial charge on any atom is -0.403 e. The fourth-order valence-electron chi connectivity index (χ4n) is 2.08. The van der Waals surface area contributed by atoms with E-state index >= 15 is 0 Å². The van der Waals surface area contributed by atoms with Crippen LogP contribution < -0.4 is 10.6 Å². The Kier molecular flexibility index (Phi) is 4.88. The van der Waals surface area contributed by atoms with Gasteiger partial charge in [-0.3, -0.25) is 14.9 Å². The smallest absolute Gasteiger partial charge is 0.403 e. The number of amides is 2. The van der Waals surface area contributed by atoms with Crippen molar-refractivity contribution in [2.24, 2.45) is 0 Å². The first-order valence-corrected chi connectivity index (χ1v) is 7.51. The number of carbonyl (C=O) groups excluding carboxylic acids is 2. The first kappa shape index (κ1) is 18.1. The highest BCUT2D eigenvalue weighted by atomic mass is 19.4. The minimum atomic E-state index is -5.03. The number of nitrogens with one attached hydrogen (secondary N) is 2. The zero-order valence-electron chi connectivity index (χ0n) is 13.4. The predicted octanol–water partition coefficient (Wildman–Crippen LogP) is 3.49. The molecule has 0 radical (unpaired) electrons. The van der Waals surface area contributed by atoms with Crippen LogP contribution >= 0.6 is 0 Å². The van der Waals surface area contributed by atoms with Crippen molar-refractivity contribution in [2.45, 2.75) is 6.18 Å². The Morgan fingerprint density at radius 2 is 1.67 bits per heavy atom. The van der Waals surface area contributed by atoms with Gasteiger partial charge < -0.3 is 9.73 Å². The van der Waals surface area contributed by atoms with E-state index in [2.05, 4.69) is 15.5 Å². The van der Waals surface area contributed by atoms with Crippen molar-refractivity contribution in [3.8, 4) is 11.5 Å². The standard InChI is InChI=1S/C17H11F3N4O3/c18-17(19,20)15(26)21-12-8-4-7-11(9-12)13(25)22-16-24-23-14(27-16)10-5-2-1-3-6-10/h1-9H,(H,21,26)(H,22,24,25). The fourth-order valence-corrected chi connectivity index (χ4v) is 2.08. The van der Waals surface area contributed by atoms with Gasteiger partial charge in [0.15, 0.2) is 0 Å². The van der Waals surface area contributed by atoms with Crippen molar-refractivity contribution >= 4 is 23.5 Å². The second-order valence-electron chi connectivity index (χ2n) is 5.27. The Balaban J connectivity index is 1.71. The predicted molar refractivity (Wildman–Crippen MR) is 88.8 cm³/mol. The number of rotatable bonds is 4. The zero-order chi connectivity index (χ0) is 19.4. The molecule has 3 rings (SSSR count). The van der Waals surface area contributed by atoms with Crippen LogP contribution in [-0.2, 0) is 4.79 Å². The van der Waals surface area contributed by atoms with E-state index in [1.165, 1.54) is 18.2 Å². The molecule has 3 aromatic rings. The van der Waals surface area contributed by atoms with Gasteiger partial charge in [0.25, 0.3) is 5.91 Å². The van der Waals surface area contributed by atoms with Crippen molar-refractivity contribution < 1.29 is 27.2 Å². The quantitative estimate of drug-likeness (QED) is 0.727. The summed E-state index contributed by atoms with van der Waals surface area (Å²) < 4.78 is 42.2. The molecule has 0 saturated carbocycles. The van der Waals surface area contributed by atoms with E-state index in [4.69, 9.17) is 4.42 Å². The maximum atomic E-state index is 12.3. The molecule has 138 valence electrons. The highest BCUT2D eigenvalue weighted by Crippen LogP contribution is 2.21. The Bertz CT molecular complexity index is 971. The van der Waals surface area contributed by atoms with E-state index in [1.807, 2.05) is 6.07 Å². The summed E-state index contributed by atoms with van der Waals surface area (Å²) in [7, 11) is 0. The van der Waals surface area contributed by atoms with Crippen LogP contribution in [0.15, 0.2) is 59.0 Å². The molecule has 1 heterocycles. The van der Waals surface area contributed by atoms with E-state index < -0.39 is 18.0 Å². The summed E-state index contributed by atoms with van der Waals surface area (Å²) in [6, 6.07) is 13.7. The Hall–Kier alpha value is -3.69. The number of aromatic nitrogens is 2. The van der Waals surface area contributed by atoms with E-state index in [0.29, 0.717) is 5.56 Å². The largest absolute Gasteiger partial charge is 0.471 e. The molecular formula is C17H11F3N4O3. The van der Waals surface area contributed by atoms with Crippen LogP contribution in [0.2, 0.25) is 0 Å². The van der Waals surface area contributed by atoms with E-state index in [9.17, 15) is 22.8 Å². The van der Waals surface area contributed by atoms with Crippen molar-refractivity contribution in [2.75, 3.05) is 10.6 Å². The summed E-state index contributed by atoms with van der Waals surface area (Å²) in [6.45, 7) is 0. The SMILES string of the molecule is O=C(Nc1nnc(-c2ccccc2)o1)c1cccc(NC(=O)C(F)(F)F)c1. The molecule has 0 spiro atoms. The average molecular weight is 376 g/mol. The van der Waals surface area contributed by atoms with Gasteiger partial charge in [-0.05, 0) is 30.3 Å². The lowest BCUT2D eigenvalue weighted by atomic mass is 10.2. The van der Waals surface area contributed by atoms with Gasteiger partial charge in [-0.15, -0.1) is 5.10 Å². The third-order valence-corrected chi connectivity index (χ3v) is 3.31. The summed E-state index contributed by atoms with van der Waals surface area (Å²) in [5.74, 6) is -2.64. The van der Waals surface area contributed by atoms with Crippen LogP contribution in [0.1, 0.15) is 10.4 Å². The van der Waals surface area contributed by atoms with Crippen molar-refractivity contribution in [3.63, 3.8) is 0 Å². The molecule has 0 fully saturated rings. The maximum absolute atomic E-state index is 12.3. The van der Waals surface area contributed by atoms with Crippen LogP contribution in [0.25, 0.3) is 11.5 Å². The Labute approximate surface area is 150 Å². The number of nitrogens with zero attached hydrogens (tertiary/aromatic N) is 2. The Morgan fingerprint density at radius 1 is 0.926 bits per heavy atom. The molecular weight excluding hydrogens is 365 g/mol. The topological polar surface area (TPSA) is 97.1 Å². The lowest BCUT2D eigenvalue weighted by Crippen LogP contribution is -2.30.